The highest BCUT2D eigenvalue weighted by Crippen LogP contribution is 2.33. The fourth-order valence-electron chi connectivity index (χ4n) is 2.29. The average Bonchev–Trinajstić information content (AvgIpc) is 2.45. The number of halogens is 5. The molecule has 0 bridgehead atoms. The minimum Gasteiger partial charge on any atom is -0.207 e. The molecule has 2 rings (SSSR count). The number of hydrogen-bond donors (Lipinski definition) is 0. The predicted molar refractivity (Wildman–Crippen MR) is 93.5 cm³/mol. The first-order valence-electron chi connectivity index (χ1n) is 6.32. The minimum absolute atomic E-state index is 0.259. The molecule has 0 spiro atoms. The molecule has 0 N–H and O–H groups in total. The van der Waals surface area contributed by atoms with Gasteiger partial charge < -0.3 is 0 Å². The molecule has 0 aliphatic heterocycles. The fraction of sp³-hybridized carbons (Fsp3) is 0.250. The number of hydrogen-bond acceptors (Lipinski definition) is 0. The highest BCUT2D eigenvalue weighted by Gasteiger charge is 2.30. The summed E-state index contributed by atoms with van der Waals surface area (Å²) in [5, 5.41) is 1.37. The molecule has 0 heterocycles. The molecule has 0 fully saturated rings. The lowest BCUT2D eigenvalue weighted by Crippen LogP contribution is -2.33. The summed E-state index contributed by atoms with van der Waals surface area (Å²) in [5.74, 6) is -0.526. The highest BCUT2D eigenvalue weighted by molar-refractivity contribution is 9.10. The number of benzene rings is 2. The Bertz CT molecular complexity index is 587. The smallest absolute Gasteiger partial charge is 0.124 e. The quantitative estimate of drug-likeness (QED) is 0.459. The lowest BCUT2D eigenvalue weighted by atomic mass is 9.79. The zero-order valence-electron chi connectivity index (χ0n) is 11.1. The molecule has 0 amide bonds. The van der Waals surface area contributed by atoms with Crippen LogP contribution in [-0.4, -0.2) is 10.7 Å². The summed E-state index contributed by atoms with van der Waals surface area (Å²) in [6, 6.07) is 11.4. The Labute approximate surface area is 148 Å². The van der Waals surface area contributed by atoms with Crippen LogP contribution in [0.1, 0.15) is 11.1 Å². The molecule has 21 heavy (non-hydrogen) atoms. The summed E-state index contributed by atoms with van der Waals surface area (Å²) in [6.45, 7) is 0. The minimum atomic E-state index is -0.267. The van der Waals surface area contributed by atoms with Gasteiger partial charge in [0.25, 0.3) is 0 Å². The second-order valence-corrected chi connectivity index (χ2v) is 7.05. The summed E-state index contributed by atoms with van der Waals surface area (Å²) in [7, 11) is 0. The second kappa shape index (κ2) is 7.34. The van der Waals surface area contributed by atoms with E-state index in [1.54, 1.807) is 12.1 Å². The average molecular weight is 483 g/mol. The molecule has 0 atom stereocenters. The monoisotopic (exact) mass is 480 g/mol. The molecule has 2 aromatic carbocycles. The van der Waals surface area contributed by atoms with Gasteiger partial charge in [-0.05, 0) is 47.9 Å². The topological polar surface area (TPSA) is 0 Å². The van der Waals surface area contributed by atoms with Crippen molar-refractivity contribution in [3.63, 3.8) is 0 Å². The van der Waals surface area contributed by atoms with Crippen LogP contribution in [-0.2, 0) is 11.8 Å². The van der Waals surface area contributed by atoms with E-state index >= 15 is 0 Å². The van der Waals surface area contributed by atoms with Crippen LogP contribution in [0.5, 0.6) is 0 Å². The van der Waals surface area contributed by atoms with E-state index in [1.807, 2.05) is 6.07 Å². The first-order valence-corrected chi connectivity index (χ1v) is 9.36. The van der Waals surface area contributed by atoms with Crippen molar-refractivity contribution >= 4 is 47.8 Å². The van der Waals surface area contributed by atoms with Crippen LogP contribution in [0, 0.1) is 11.6 Å². The standard InChI is InChI=1S/C16H13Br3F2/c17-9-16(10-18,12-1-3-14(20)4-2-12)8-11-5-13(19)7-15(21)6-11/h1-7H,8-10H2. The van der Waals surface area contributed by atoms with Crippen molar-refractivity contribution in [2.75, 3.05) is 10.7 Å². The molecular weight excluding hydrogens is 470 g/mol. The Morgan fingerprint density at radius 2 is 1.48 bits per heavy atom. The maximum Gasteiger partial charge on any atom is 0.124 e. The van der Waals surface area contributed by atoms with Gasteiger partial charge in [0, 0.05) is 20.5 Å². The summed E-state index contributed by atoms with van der Waals surface area (Å²) in [5.41, 5.74) is 1.64. The van der Waals surface area contributed by atoms with Crippen molar-refractivity contribution in [3.8, 4) is 0 Å². The largest absolute Gasteiger partial charge is 0.207 e. The maximum atomic E-state index is 13.6. The fourth-order valence-corrected chi connectivity index (χ4v) is 4.78. The Morgan fingerprint density at radius 1 is 0.857 bits per heavy atom. The van der Waals surface area contributed by atoms with E-state index in [0.29, 0.717) is 17.1 Å². The van der Waals surface area contributed by atoms with Crippen molar-refractivity contribution in [2.45, 2.75) is 11.8 Å². The maximum absolute atomic E-state index is 13.6. The van der Waals surface area contributed by atoms with Gasteiger partial charge in [0.2, 0.25) is 0 Å². The molecule has 0 saturated heterocycles. The lowest BCUT2D eigenvalue weighted by Gasteiger charge is -2.31. The van der Waals surface area contributed by atoms with Crippen molar-refractivity contribution < 1.29 is 8.78 Å². The zero-order chi connectivity index (χ0) is 15.5. The Kier molecular flexibility index (Phi) is 5.97. The summed E-state index contributed by atoms with van der Waals surface area (Å²) < 4.78 is 27.4. The predicted octanol–water partition coefficient (Wildman–Crippen LogP) is 6.00. The van der Waals surface area contributed by atoms with Crippen molar-refractivity contribution in [3.05, 3.63) is 69.7 Å². The van der Waals surface area contributed by atoms with Gasteiger partial charge >= 0.3 is 0 Å². The van der Waals surface area contributed by atoms with Gasteiger partial charge in [-0.25, -0.2) is 8.78 Å². The van der Waals surface area contributed by atoms with Gasteiger partial charge in [-0.2, -0.15) is 0 Å². The highest BCUT2D eigenvalue weighted by atomic mass is 79.9. The van der Waals surface area contributed by atoms with Crippen LogP contribution >= 0.6 is 47.8 Å². The van der Waals surface area contributed by atoms with Crippen molar-refractivity contribution in [1.29, 1.82) is 0 Å². The second-order valence-electron chi connectivity index (χ2n) is 5.01. The van der Waals surface area contributed by atoms with E-state index in [2.05, 4.69) is 47.8 Å². The van der Waals surface area contributed by atoms with Crippen LogP contribution in [0.2, 0.25) is 0 Å². The molecule has 0 nitrogen and oxygen atoms in total. The zero-order valence-corrected chi connectivity index (χ0v) is 15.8. The summed E-state index contributed by atoms with van der Waals surface area (Å²) in [6.07, 6.45) is 0.644. The van der Waals surface area contributed by atoms with Gasteiger partial charge in [-0.3, -0.25) is 0 Å². The van der Waals surface area contributed by atoms with Crippen LogP contribution < -0.4 is 0 Å². The van der Waals surface area contributed by atoms with Gasteiger partial charge in [0.15, 0.2) is 0 Å². The van der Waals surface area contributed by atoms with E-state index in [1.165, 1.54) is 24.3 Å². The first-order chi connectivity index (χ1) is 9.99. The summed E-state index contributed by atoms with van der Waals surface area (Å²) >= 11 is 10.4. The van der Waals surface area contributed by atoms with Gasteiger partial charge in [0.05, 0.1) is 0 Å². The van der Waals surface area contributed by atoms with E-state index in [4.69, 9.17) is 0 Å². The normalized spacial score (nSPS) is 11.7. The van der Waals surface area contributed by atoms with Crippen LogP contribution in [0.4, 0.5) is 8.78 Å². The molecule has 5 heteroatoms. The first kappa shape index (κ1) is 17.1. The number of alkyl halides is 2. The van der Waals surface area contributed by atoms with Gasteiger partial charge in [-0.1, -0.05) is 59.9 Å². The molecule has 112 valence electrons. The van der Waals surface area contributed by atoms with E-state index in [-0.39, 0.29) is 17.0 Å². The van der Waals surface area contributed by atoms with Gasteiger partial charge in [0.1, 0.15) is 11.6 Å². The Balaban J connectivity index is 2.40. The third kappa shape index (κ3) is 4.14. The lowest BCUT2D eigenvalue weighted by molar-refractivity contribution is 0.543. The molecule has 0 aromatic heterocycles. The molecule has 0 radical (unpaired) electrons. The third-order valence-electron chi connectivity index (χ3n) is 3.43. The number of rotatable bonds is 5. The van der Waals surface area contributed by atoms with E-state index in [9.17, 15) is 8.78 Å². The molecule has 0 unspecified atom stereocenters. The summed E-state index contributed by atoms with van der Waals surface area (Å²) in [4.78, 5) is 0. The molecular formula is C16H13Br3F2. The van der Waals surface area contributed by atoms with Crippen LogP contribution in [0.3, 0.4) is 0 Å². The Hall–Kier alpha value is -0.260. The van der Waals surface area contributed by atoms with Gasteiger partial charge in [-0.15, -0.1) is 0 Å². The molecule has 0 aliphatic carbocycles. The Morgan fingerprint density at radius 3 is 2.00 bits per heavy atom. The van der Waals surface area contributed by atoms with E-state index in [0.717, 1.165) is 15.6 Å². The molecule has 0 aliphatic rings. The van der Waals surface area contributed by atoms with Crippen molar-refractivity contribution in [1.82, 2.24) is 0 Å². The van der Waals surface area contributed by atoms with Crippen molar-refractivity contribution in [2.24, 2.45) is 0 Å². The van der Waals surface area contributed by atoms with Crippen LogP contribution in [0.25, 0.3) is 0 Å². The SMILES string of the molecule is Fc1ccc(C(CBr)(CBr)Cc2cc(F)cc(Br)c2)cc1. The molecule has 0 saturated carbocycles. The molecule has 2 aromatic rings. The third-order valence-corrected chi connectivity index (χ3v) is 6.04. The van der Waals surface area contributed by atoms with E-state index < -0.39 is 0 Å². The van der Waals surface area contributed by atoms with Crippen LogP contribution in [0.15, 0.2) is 46.9 Å².